The maximum absolute atomic E-state index is 12.3. The highest BCUT2D eigenvalue weighted by Gasteiger charge is 2.09. The van der Waals surface area contributed by atoms with Crippen molar-refractivity contribution < 1.29 is 9.59 Å². The van der Waals surface area contributed by atoms with E-state index < -0.39 is 0 Å². The Kier molecular flexibility index (Phi) is 5.86. The molecule has 2 amide bonds. The number of hydrogen-bond donors (Lipinski definition) is 3. The highest BCUT2D eigenvalue weighted by molar-refractivity contribution is 6.31. The average Bonchev–Trinajstić information content (AvgIpc) is 2.65. The maximum atomic E-state index is 12.3. The molecule has 0 aliphatic rings. The predicted octanol–water partition coefficient (Wildman–Crippen LogP) is 4.39. The SMILES string of the molecule is CC(=O)Nc1cccc(Nc2ncc(C(=O)Nc3ccc(C)c(Cl)c3)cn2)c1. The average molecular weight is 396 g/mol. The lowest BCUT2D eigenvalue weighted by Gasteiger charge is -2.09. The third-order valence-electron chi connectivity index (χ3n) is 3.78. The van der Waals surface area contributed by atoms with Gasteiger partial charge in [-0.15, -0.1) is 0 Å². The molecule has 142 valence electrons. The number of anilines is 4. The summed E-state index contributed by atoms with van der Waals surface area (Å²) in [7, 11) is 0. The summed E-state index contributed by atoms with van der Waals surface area (Å²) in [6.45, 7) is 3.33. The van der Waals surface area contributed by atoms with Crippen LogP contribution >= 0.6 is 11.6 Å². The Bertz CT molecular complexity index is 1020. The number of amides is 2. The molecule has 0 saturated heterocycles. The van der Waals surface area contributed by atoms with Crippen molar-refractivity contribution >= 4 is 46.4 Å². The Labute approximate surface area is 167 Å². The molecule has 3 rings (SSSR count). The van der Waals surface area contributed by atoms with Gasteiger partial charge < -0.3 is 16.0 Å². The van der Waals surface area contributed by atoms with E-state index in [4.69, 9.17) is 11.6 Å². The van der Waals surface area contributed by atoms with Gasteiger partial charge in [0, 0.05) is 41.4 Å². The van der Waals surface area contributed by atoms with Gasteiger partial charge in [0.05, 0.1) is 5.56 Å². The summed E-state index contributed by atoms with van der Waals surface area (Å²) in [4.78, 5) is 31.8. The highest BCUT2D eigenvalue weighted by atomic mass is 35.5. The number of hydrogen-bond acceptors (Lipinski definition) is 5. The van der Waals surface area contributed by atoms with Crippen molar-refractivity contribution in [1.82, 2.24) is 9.97 Å². The minimum absolute atomic E-state index is 0.154. The van der Waals surface area contributed by atoms with E-state index in [0.29, 0.717) is 33.6 Å². The van der Waals surface area contributed by atoms with Gasteiger partial charge >= 0.3 is 0 Å². The van der Waals surface area contributed by atoms with E-state index in [2.05, 4.69) is 25.9 Å². The summed E-state index contributed by atoms with van der Waals surface area (Å²) in [5.41, 5.74) is 3.20. The molecular weight excluding hydrogens is 378 g/mol. The maximum Gasteiger partial charge on any atom is 0.258 e. The minimum atomic E-state index is -0.334. The first kappa shape index (κ1) is 19.3. The monoisotopic (exact) mass is 395 g/mol. The number of nitrogens with zero attached hydrogens (tertiary/aromatic N) is 2. The van der Waals surface area contributed by atoms with Crippen molar-refractivity contribution in [3.05, 3.63) is 71.0 Å². The number of benzene rings is 2. The van der Waals surface area contributed by atoms with Crippen molar-refractivity contribution in [3.8, 4) is 0 Å². The van der Waals surface area contributed by atoms with Gasteiger partial charge in [-0.25, -0.2) is 9.97 Å². The van der Waals surface area contributed by atoms with E-state index >= 15 is 0 Å². The predicted molar refractivity (Wildman–Crippen MR) is 110 cm³/mol. The molecule has 7 nitrogen and oxygen atoms in total. The first-order valence-corrected chi connectivity index (χ1v) is 8.83. The van der Waals surface area contributed by atoms with Crippen molar-refractivity contribution in [1.29, 1.82) is 0 Å². The van der Waals surface area contributed by atoms with Crippen LogP contribution in [-0.4, -0.2) is 21.8 Å². The van der Waals surface area contributed by atoms with Crippen molar-refractivity contribution in [2.45, 2.75) is 13.8 Å². The van der Waals surface area contributed by atoms with Crippen LogP contribution in [0.4, 0.5) is 23.0 Å². The van der Waals surface area contributed by atoms with Crippen LogP contribution in [0, 0.1) is 6.92 Å². The van der Waals surface area contributed by atoms with E-state index in [1.807, 2.05) is 19.1 Å². The summed E-state index contributed by atoms with van der Waals surface area (Å²) < 4.78 is 0. The second kappa shape index (κ2) is 8.49. The number of aromatic nitrogens is 2. The quantitative estimate of drug-likeness (QED) is 0.595. The molecule has 0 fully saturated rings. The van der Waals surface area contributed by atoms with Gasteiger partial charge in [-0.3, -0.25) is 9.59 Å². The number of carbonyl (C=O) groups excluding carboxylic acids is 2. The standard InChI is InChI=1S/C20H18ClN5O2/c1-12-6-7-17(9-18(12)21)25-19(28)14-10-22-20(23-11-14)26-16-5-3-4-15(8-16)24-13(2)27/h3-11H,1-2H3,(H,24,27)(H,25,28)(H,22,23,26). The first-order chi connectivity index (χ1) is 13.4. The number of rotatable bonds is 5. The van der Waals surface area contributed by atoms with Gasteiger partial charge in [-0.1, -0.05) is 23.7 Å². The van der Waals surface area contributed by atoms with Crippen LogP contribution in [0.25, 0.3) is 0 Å². The molecule has 28 heavy (non-hydrogen) atoms. The summed E-state index contributed by atoms with van der Waals surface area (Å²) in [6.07, 6.45) is 2.86. The number of carbonyl (C=O) groups is 2. The molecule has 0 atom stereocenters. The van der Waals surface area contributed by atoms with Gasteiger partial charge in [0.2, 0.25) is 11.9 Å². The number of aryl methyl sites for hydroxylation is 1. The fraction of sp³-hybridized carbons (Fsp3) is 0.100. The van der Waals surface area contributed by atoms with E-state index in [9.17, 15) is 9.59 Å². The Morgan fingerprint density at radius 1 is 0.929 bits per heavy atom. The Morgan fingerprint density at radius 2 is 1.61 bits per heavy atom. The lowest BCUT2D eigenvalue weighted by molar-refractivity contribution is -0.114. The number of halogens is 1. The lowest BCUT2D eigenvalue weighted by Crippen LogP contribution is -2.13. The smallest absolute Gasteiger partial charge is 0.258 e. The minimum Gasteiger partial charge on any atom is -0.326 e. The zero-order valence-electron chi connectivity index (χ0n) is 15.3. The molecule has 0 unspecified atom stereocenters. The topological polar surface area (TPSA) is 96.0 Å². The number of nitrogens with one attached hydrogen (secondary N) is 3. The summed E-state index contributed by atoms with van der Waals surface area (Å²) >= 11 is 6.07. The van der Waals surface area contributed by atoms with Crippen LogP contribution < -0.4 is 16.0 Å². The summed E-state index contributed by atoms with van der Waals surface area (Å²) in [5, 5.41) is 9.06. The molecule has 0 spiro atoms. The van der Waals surface area contributed by atoms with Gasteiger partial charge in [0.25, 0.3) is 5.91 Å². The normalized spacial score (nSPS) is 10.2. The van der Waals surface area contributed by atoms with Crippen LogP contribution in [0.3, 0.4) is 0 Å². The zero-order valence-corrected chi connectivity index (χ0v) is 16.0. The van der Waals surface area contributed by atoms with Gasteiger partial charge in [-0.05, 0) is 42.8 Å². The Morgan fingerprint density at radius 3 is 2.29 bits per heavy atom. The van der Waals surface area contributed by atoms with Crippen molar-refractivity contribution in [3.63, 3.8) is 0 Å². The zero-order chi connectivity index (χ0) is 20.1. The highest BCUT2D eigenvalue weighted by Crippen LogP contribution is 2.21. The van der Waals surface area contributed by atoms with Crippen LogP contribution in [0.2, 0.25) is 5.02 Å². The van der Waals surface area contributed by atoms with Crippen LogP contribution in [0.15, 0.2) is 54.9 Å². The summed E-state index contributed by atoms with van der Waals surface area (Å²) in [5.74, 6) is -0.160. The lowest BCUT2D eigenvalue weighted by atomic mass is 10.2. The fourth-order valence-corrected chi connectivity index (χ4v) is 2.57. The third kappa shape index (κ3) is 5.05. The second-order valence-electron chi connectivity index (χ2n) is 6.10. The molecular formula is C20H18ClN5O2. The van der Waals surface area contributed by atoms with Gasteiger partial charge in [0.15, 0.2) is 0 Å². The van der Waals surface area contributed by atoms with Crippen LogP contribution in [0.1, 0.15) is 22.8 Å². The van der Waals surface area contributed by atoms with Crippen molar-refractivity contribution in [2.75, 3.05) is 16.0 Å². The van der Waals surface area contributed by atoms with Crippen LogP contribution in [0.5, 0.6) is 0 Å². The molecule has 0 aliphatic heterocycles. The van der Waals surface area contributed by atoms with E-state index in [0.717, 1.165) is 5.56 Å². The largest absolute Gasteiger partial charge is 0.326 e. The van der Waals surface area contributed by atoms with Gasteiger partial charge in [0.1, 0.15) is 0 Å². The second-order valence-corrected chi connectivity index (χ2v) is 6.51. The van der Waals surface area contributed by atoms with E-state index in [1.54, 1.807) is 30.3 Å². The molecule has 1 heterocycles. The molecule has 0 saturated carbocycles. The molecule has 0 aliphatic carbocycles. The molecule has 0 bridgehead atoms. The molecule has 3 aromatic rings. The molecule has 8 heteroatoms. The molecule has 0 radical (unpaired) electrons. The fourth-order valence-electron chi connectivity index (χ4n) is 2.39. The van der Waals surface area contributed by atoms with Crippen LogP contribution in [-0.2, 0) is 4.79 Å². The van der Waals surface area contributed by atoms with E-state index in [-0.39, 0.29) is 11.8 Å². The molecule has 3 N–H and O–H groups in total. The van der Waals surface area contributed by atoms with Gasteiger partial charge in [-0.2, -0.15) is 0 Å². The Balaban J connectivity index is 1.66. The molecule has 2 aromatic carbocycles. The first-order valence-electron chi connectivity index (χ1n) is 8.45. The molecule has 1 aromatic heterocycles. The summed E-state index contributed by atoms with van der Waals surface area (Å²) in [6, 6.07) is 12.4. The van der Waals surface area contributed by atoms with Crippen molar-refractivity contribution in [2.24, 2.45) is 0 Å². The third-order valence-corrected chi connectivity index (χ3v) is 4.19. The Hall–Kier alpha value is -3.45. The van der Waals surface area contributed by atoms with E-state index in [1.165, 1.54) is 19.3 Å².